The Morgan fingerprint density at radius 3 is 2.67 bits per heavy atom. The molecule has 154 valence electrons. The van der Waals surface area contributed by atoms with Gasteiger partial charge in [-0.3, -0.25) is 0 Å². The molecule has 1 saturated heterocycles. The summed E-state index contributed by atoms with van der Waals surface area (Å²) in [7, 11) is 0. The van der Waals surface area contributed by atoms with Crippen molar-refractivity contribution >= 4 is 28.4 Å². The predicted molar refractivity (Wildman–Crippen MR) is 109 cm³/mol. The Morgan fingerprint density at radius 2 is 1.97 bits per heavy atom. The van der Waals surface area contributed by atoms with Crippen molar-refractivity contribution in [3.63, 3.8) is 0 Å². The molecule has 1 aliphatic heterocycles. The molecular weight excluding hydrogens is 406 g/mol. The molecule has 5 rings (SSSR count). The van der Waals surface area contributed by atoms with Gasteiger partial charge >= 0.3 is 0 Å². The van der Waals surface area contributed by atoms with E-state index in [1.54, 1.807) is 20.6 Å². The molecule has 0 bridgehead atoms. The number of nitrogens with one attached hydrogen (secondary N) is 1. The van der Waals surface area contributed by atoms with Crippen LogP contribution in [0.5, 0.6) is 0 Å². The number of rotatable bonds is 5. The largest absolute Gasteiger partial charge is 0.394 e. The average Bonchev–Trinajstić information content (AvgIpc) is 3.48. The zero-order valence-corrected chi connectivity index (χ0v) is 16.6. The van der Waals surface area contributed by atoms with Crippen molar-refractivity contribution in [1.29, 1.82) is 0 Å². The first kappa shape index (κ1) is 19.1. The van der Waals surface area contributed by atoms with Crippen LogP contribution in [0.1, 0.15) is 6.23 Å². The molecule has 0 spiro atoms. The molecule has 9 nitrogen and oxygen atoms in total. The summed E-state index contributed by atoms with van der Waals surface area (Å²) >= 11 is 1.57. The number of anilines is 2. The maximum atomic E-state index is 10.5. The molecule has 0 amide bonds. The summed E-state index contributed by atoms with van der Waals surface area (Å²) in [6.45, 7) is -0.397. The van der Waals surface area contributed by atoms with Gasteiger partial charge in [-0.05, 0) is 28.2 Å². The van der Waals surface area contributed by atoms with Gasteiger partial charge in [0, 0.05) is 10.6 Å². The van der Waals surface area contributed by atoms with E-state index in [1.807, 2.05) is 54.0 Å². The van der Waals surface area contributed by atoms with Crippen LogP contribution in [0.4, 0.5) is 11.5 Å². The topological polar surface area (TPSA) is 116 Å². The Kier molecular flexibility index (Phi) is 4.93. The van der Waals surface area contributed by atoms with Crippen molar-refractivity contribution in [2.45, 2.75) is 24.5 Å². The number of nitrogens with zero attached hydrogens (tertiary/aromatic N) is 4. The number of aliphatic hydroxyl groups excluding tert-OH is 3. The fourth-order valence-corrected chi connectivity index (χ4v) is 4.38. The second-order valence-corrected chi connectivity index (χ2v) is 7.91. The summed E-state index contributed by atoms with van der Waals surface area (Å²) in [4.78, 5) is 5.42. The molecule has 0 saturated carbocycles. The van der Waals surface area contributed by atoms with E-state index in [0.717, 1.165) is 16.1 Å². The van der Waals surface area contributed by atoms with Gasteiger partial charge in [-0.25, -0.2) is 0 Å². The van der Waals surface area contributed by atoms with E-state index in [-0.39, 0.29) is 0 Å². The summed E-state index contributed by atoms with van der Waals surface area (Å²) in [5.41, 5.74) is 2.42. The number of para-hydroxylation sites is 1. The average molecular weight is 426 g/mol. The number of ether oxygens (including phenoxy) is 1. The third-order valence-corrected chi connectivity index (χ3v) is 6.01. The number of fused-ring (bicyclic) bond motifs is 1. The van der Waals surface area contributed by atoms with Gasteiger partial charge in [-0.1, -0.05) is 24.3 Å². The predicted octanol–water partition coefficient (Wildman–Crippen LogP) is 1.10. The molecule has 30 heavy (non-hydrogen) atoms. The van der Waals surface area contributed by atoms with Crippen molar-refractivity contribution in [2.24, 2.45) is 0 Å². The number of hydrogen-bond acceptors (Lipinski definition) is 8. The SMILES string of the molecule is OC[C@H]1O[C@@H]([n+]2cc(-c3cccs3)c3c(Nc4ccccc4)ncnn32)[C@@H](O)[C@H]1O. The number of benzene rings is 1. The number of aliphatic hydroxyl groups is 3. The van der Waals surface area contributed by atoms with Crippen molar-refractivity contribution < 1.29 is 24.7 Å². The summed E-state index contributed by atoms with van der Waals surface area (Å²) in [6.07, 6.45) is -0.996. The molecule has 0 unspecified atom stereocenters. The van der Waals surface area contributed by atoms with Crippen molar-refractivity contribution in [3.05, 3.63) is 60.4 Å². The molecule has 0 aliphatic carbocycles. The van der Waals surface area contributed by atoms with Crippen LogP contribution in [-0.4, -0.2) is 55.0 Å². The van der Waals surface area contributed by atoms with Gasteiger partial charge in [0.2, 0.25) is 0 Å². The van der Waals surface area contributed by atoms with E-state index < -0.39 is 31.1 Å². The molecule has 4 atom stereocenters. The van der Waals surface area contributed by atoms with Gasteiger partial charge in [0.25, 0.3) is 12.6 Å². The zero-order chi connectivity index (χ0) is 20.7. The quantitative estimate of drug-likeness (QED) is 0.353. The molecule has 4 heterocycles. The standard InChI is InChI=1S/C20H20N5O4S/c26-10-14-17(27)18(28)20(29-14)24-9-13(15-7-4-8-30-15)16-19(21-11-22-25(16)24)23-12-5-2-1-3-6-12/h1-9,11,14,17-18,20,26-28H,10H2,(H,21,22,23)/q+1/t14-,17+,18+,20-/m1/s1. The molecule has 0 radical (unpaired) electrons. The highest BCUT2D eigenvalue weighted by molar-refractivity contribution is 7.13. The van der Waals surface area contributed by atoms with Gasteiger partial charge in [-0.2, -0.15) is 4.98 Å². The number of thiophene rings is 1. The Balaban J connectivity index is 1.67. The second-order valence-electron chi connectivity index (χ2n) is 6.97. The molecule has 3 aromatic heterocycles. The van der Waals surface area contributed by atoms with Gasteiger partial charge in [-0.15, -0.1) is 16.0 Å². The number of hydrogen-bond donors (Lipinski definition) is 4. The minimum absolute atomic E-state index is 0.397. The third-order valence-electron chi connectivity index (χ3n) is 5.11. The molecule has 1 aliphatic rings. The first-order valence-electron chi connectivity index (χ1n) is 9.44. The lowest BCUT2D eigenvalue weighted by atomic mass is 10.1. The van der Waals surface area contributed by atoms with E-state index in [1.165, 1.54) is 6.33 Å². The lowest BCUT2D eigenvalue weighted by Crippen LogP contribution is -2.50. The summed E-state index contributed by atoms with van der Waals surface area (Å²) in [5.74, 6) is 0.588. The van der Waals surface area contributed by atoms with E-state index in [4.69, 9.17) is 4.74 Å². The van der Waals surface area contributed by atoms with E-state index in [9.17, 15) is 15.3 Å². The third kappa shape index (κ3) is 3.15. The van der Waals surface area contributed by atoms with Crippen molar-refractivity contribution in [1.82, 2.24) is 14.7 Å². The Bertz CT molecular complexity index is 1150. The van der Waals surface area contributed by atoms with Crippen molar-refractivity contribution in [3.8, 4) is 10.4 Å². The van der Waals surface area contributed by atoms with E-state index >= 15 is 0 Å². The maximum absolute atomic E-state index is 10.5. The fraction of sp³-hybridized carbons (Fsp3) is 0.250. The van der Waals surface area contributed by atoms with Crippen LogP contribution in [0.2, 0.25) is 0 Å². The Hall–Kier alpha value is -2.89. The second kappa shape index (κ2) is 7.74. The Morgan fingerprint density at radius 1 is 1.13 bits per heavy atom. The smallest absolute Gasteiger partial charge is 0.258 e. The van der Waals surface area contributed by atoms with Crippen LogP contribution in [0.3, 0.4) is 0 Å². The van der Waals surface area contributed by atoms with Crippen LogP contribution in [0.15, 0.2) is 60.4 Å². The minimum Gasteiger partial charge on any atom is -0.394 e. The van der Waals surface area contributed by atoms with Gasteiger partial charge in [0.1, 0.15) is 18.4 Å². The first-order chi connectivity index (χ1) is 14.7. The molecular formula is C20H20N5O4S+. The summed E-state index contributed by atoms with van der Waals surface area (Å²) in [6, 6.07) is 13.6. The van der Waals surface area contributed by atoms with Crippen molar-refractivity contribution in [2.75, 3.05) is 11.9 Å². The monoisotopic (exact) mass is 426 g/mol. The highest BCUT2D eigenvalue weighted by Crippen LogP contribution is 2.34. The molecule has 10 heteroatoms. The summed E-state index contributed by atoms with van der Waals surface area (Å²) in [5, 5.41) is 39.9. The molecule has 4 N–H and O–H groups in total. The number of aromatic nitrogens is 4. The Labute approximate surface area is 175 Å². The molecule has 1 aromatic carbocycles. The lowest BCUT2D eigenvalue weighted by molar-refractivity contribution is -0.824. The first-order valence-corrected chi connectivity index (χ1v) is 10.3. The maximum Gasteiger partial charge on any atom is 0.258 e. The minimum atomic E-state index is -1.22. The van der Waals surface area contributed by atoms with Crippen LogP contribution in [-0.2, 0) is 4.74 Å². The van der Waals surface area contributed by atoms with E-state index in [2.05, 4.69) is 15.4 Å². The van der Waals surface area contributed by atoms with Crippen LogP contribution in [0.25, 0.3) is 16.0 Å². The van der Waals surface area contributed by atoms with Crippen LogP contribution >= 0.6 is 11.3 Å². The molecule has 4 aromatic rings. The molecule has 1 fully saturated rings. The highest BCUT2D eigenvalue weighted by atomic mass is 32.1. The summed E-state index contributed by atoms with van der Waals surface area (Å²) < 4.78 is 8.94. The zero-order valence-electron chi connectivity index (χ0n) is 15.7. The fourth-order valence-electron chi connectivity index (χ4n) is 3.65. The van der Waals surface area contributed by atoms with E-state index in [0.29, 0.717) is 11.3 Å². The van der Waals surface area contributed by atoms with Gasteiger partial charge < -0.3 is 25.4 Å². The van der Waals surface area contributed by atoms with Crippen LogP contribution < -0.4 is 10.00 Å². The van der Waals surface area contributed by atoms with Crippen LogP contribution in [0, 0.1) is 0 Å². The normalized spacial score (nSPS) is 23.8. The van der Waals surface area contributed by atoms with Gasteiger partial charge in [0.15, 0.2) is 17.4 Å². The lowest BCUT2D eigenvalue weighted by Gasteiger charge is -2.11. The van der Waals surface area contributed by atoms with Gasteiger partial charge in [0.05, 0.1) is 17.3 Å². The highest BCUT2D eigenvalue weighted by Gasteiger charge is 2.47.